The van der Waals surface area contributed by atoms with E-state index >= 15 is 0 Å². The smallest absolute Gasteiger partial charge is 0.289 e. The zero-order chi connectivity index (χ0) is 20.6. The van der Waals surface area contributed by atoms with Gasteiger partial charge in [-0.15, -0.1) is 24.0 Å². The summed E-state index contributed by atoms with van der Waals surface area (Å²) in [6.07, 6.45) is 1.52. The lowest BCUT2D eigenvalue weighted by Crippen LogP contribution is -2.53. The maximum atomic E-state index is 12.4. The number of nitrogens with one attached hydrogen (secondary N) is 1. The van der Waals surface area contributed by atoms with E-state index in [2.05, 4.69) is 10.2 Å². The molecule has 0 atom stereocenters. The molecule has 1 N–H and O–H groups in total. The summed E-state index contributed by atoms with van der Waals surface area (Å²) in [6.45, 7) is 8.46. The summed E-state index contributed by atoms with van der Waals surface area (Å²) in [5, 5.41) is 3.99. The number of carbonyl (C=O) groups is 1. The van der Waals surface area contributed by atoms with Gasteiger partial charge in [0.1, 0.15) is 5.75 Å². The van der Waals surface area contributed by atoms with E-state index in [4.69, 9.17) is 25.7 Å². The molecule has 0 spiro atoms. The highest BCUT2D eigenvalue weighted by molar-refractivity contribution is 14.0. The van der Waals surface area contributed by atoms with E-state index in [9.17, 15) is 4.79 Å². The third kappa shape index (κ3) is 6.28. The summed E-state index contributed by atoms with van der Waals surface area (Å²) < 4.78 is 10.9. The minimum atomic E-state index is -0.0703. The third-order valence-corrected chi connectivity index (χ3v) is 4.90. The quantitative estimate of drug-likeness (QED) is 0.338. The molecule has 1 saturated heterocycles. The number of furan rings is 1. The molecule has 0 saturated carbocycles. The van der Waals surface area contributed by atoms with Crippen LogP contribution in [0.2, 0.25) is 5.02 Å². The van der Waals surface area contributed by atoms with E-state index in [0.717, 1.165) is 23.8 Å². The van der Waals surface area contributed by atoms with Crippen molar-refractivity contribution in [3.8, 4) is 5.75 Å². The van der Waals surface area contributed by atoms with Gasteiger partial charge in [-0.05, 0) is 38.1 Å². The molecule has 164 valence electrons. The highest BCUT2D eigenvalue weighted by Gasteiger charge is 2.25. The number of halogens is 2. The fourth-order valence-corrected chi connectivity index (χ4v) is 3.37. The summed E-state index contributed by atoms with van der Waals surface area (Å²) in [5.74, 6) is 1.90. The van der Waals surface area contributed by atoms with Crippen LogP contribution in [0.4, 0.5) is 0 Å². The Bertz CT molecular complexity index is 837. The molecule has 0 aliphatic carbocycles. The van der Waals surface area contributed by atoms with Crippen LogP contribution in [-0.2, 0) is 6.54 Å². The summed E-state index contributed by atoms with van der Waals surface area (Å²) >= 11 is 6.09. The average Bonchev–Trinajstić information content (AvgIpc) is 3.27. The number of rotatable bonds is 6. The number of benzene rings is 1. The third-order valence-electron chi connectivity index (χ3n) is 4.66. The van der Waals surface area contributed by atoms with E-state index in [-0.39, 0.29) is 29.9 Å². The molecule has 9 heteroatoms. The first kappa shape index (κ1) is 24.3. The molecule has 1 amide bonds. The Kier molecular flexibility index (Phi) is 9.77. The lowest BCUT2D eigenvalue weighted by atomic mass is 10.2. The van der Waals surface area contributed by atoms with Gasteiger partial charge in [-0.1, -0.05) is 17.7 Å². The number of piperazine rings is 1. The highest BCUT2D eigenvalue weighted by Crippen LogP contribution is 2.24. The van der Waals surface area contributed by atoms with E-state index in [1.165, 1.54) is 6.26 Å². The van der Waals surface area contributed by atoms with Gasteiger partial charge in [0.2, 0.25) is 0 Å². The first-order valence-corrected chi connectivity index (χ1v) is 10.3. The molecule has 1 aromatic carbocycles. The lowest BCUT2D eigenvalue weighted by molar-refractivity contribution is 0.0657. The standard InChI is InChI=1S/C21H27ClN4O3.HI/c1-3-23-21(24-15-16-7-8-17(22)14-19(16)28-4-2)26-11-9-25(10-12-26)20(27)18-6-5-13-29-18;/h5-8,13-14H,3-4,9-12,15H2,1-2H3,(H,23,24);1H. The van der Waals surface area contributed by atoms with Crippen molar-refractivity contribution >= 4 is 47.4 Å². The van der Waals surface area contributed by atoms with Gasteiger partial charge in [-0.2, -0.15) is 0 Å². The van der Waals surface area contributed by atoms with Crippen LogP contribution in [-0.4, -0.2) is 61.0 Å². The van der Waals surface area contributed by atoms with Crippen molar-refractivity contribution in [1.29, 1.82) is 0 Å². The molecule has 1 aliphatic heterocycles. The van der Waals surface area contributed by atoms with Crippen molar-refractivity contribution < 1.29 is 13.9 Å². The maximum Gasteiger partial charge on any atom is 0.289 e. The topological polar surface area (TPSA) is 70.3 Å². The van der Waals surface area contributed by atoms with Gasteiger partial charge in [0.25, 0.3) is 5.91 Å². The van der Waals surface area contributed by atoms with Gasteiger partial charge in [0.05, 0.1) is 19.4 Å². The number of carbonyl (C=O) groups excluding carboxylic acids is 1. The number of guanidine groups is 1. The van der Waals surface area contributed by atoms with Crippen LogP contribution in [0.3, 0.4) is 0 Å². The molecule has 2 aromatic rings. The normalized spacial score (nSPS) is 14.3. The van der Waals surface area contributed by atoms with Gasteiger partial charge >= 0.3 is 0 Å². The van der Waals surface area contributed by atoms with Crippen molar-refractivity contribution in [2.24, 2.45) is 4.99 Å². The number of nitrogens with zero attached hydrogens (tertiary/aromatic N) is 3. The number of ether oxygens (including phenoxy) is 1. The molecule has 7 nitrogen and oxygen atoms in total. The van der Waals surface area contributed by atoms with Crippen LogP contribution in [0.15, 0.2) is 46.0 Å². The van der Waals surface area contributed by atoms with Crippen molar-refractivity contribution in [2.45, 2.75) is 20.4 Å². The Morgan fingerprint density at radius 2 is 1.93 bits per heavy atom. The van der Waals surface area contributed by atoms with Gasteiger partial charge in [0, 0.05) is 43.3 Å². The Morgan fingerprint density at radius 1 is 1.20 bits per heavy atom. The molecule has 3 rings (SSSR count). The minimum absolute atomic E-state index is 0. The summed E-state index contributed by atoms with van der Waals surface area (Å²) in [6, 6.07) is 9.04. The summed E-state index contributed by atoms with van der Waals surface area (Å²) in [4.78, 5) is 21.2. The van der Waals surface area contributed by atoms with Crippen molar-refractivity contribution in [1.82, 2.24) is 15.1 Å². The first-order chi connectivity index (χ1) is 14.1. The van der Waals surface area contributed by atoms with Crippen LogP contribution in [0.25, 0.3) is 0 Å². The van der Waals surface area contributed by atoms with Crippen LogP contribution in [0.5, 0.6) is 5.75 Å². The molecule has 2 heterocycles. The molecule has 1 fully saturated rings. The van der Waals surface area contributed by atoms with E-state index in [0.29, 0.717) is 50.1 Å². The van der Waals surface area contributed by atoms with Gasteiger partial charge in [-0.25, -0.2) is 4.99 Å². The monoisotopic (exact) mass is 546 g/mol. The molecule has 30 heavy (non-hydrogen) atoms. The van der Waals surface area contributed by atoms with E-state index < -0.39 is 0 Å². The largest absolute Gasteiger partial charge is 0.493 e. The van der Waals surface area contributed by atoms with Crippen molar-refractivity contribution in [3.63, 3.8) is 0 Å². The van der Waals surface area contributed by atoms with E-state index in [1.807, 2.05) is 36.9 Å². The number of hydrogen-bond donors (Lipinski definition) is 1. The molecular weight excluding hydrogens is 519 g/mol. The number of aliphatic imine (C=N–C) groups is 1. The highest BCUT2D eigenvalue weighted by atomic mass is 127. The predicted octanol–water partition coefficient (Wildman–Crippen LogP) is 3.87. The van der Waals surface area contributed by atoms with Gasteiger partial charge in [0.15, 0.2) is 11.7 Å². The second-order valence-corrected chi connectivity index (χ2v) is 7.05. The van der Waals surface area contributed by atoms with Crippen LogP contribution in [0, 0.1) is 0 Å². The minimum Gasteiger partial charge on any atom is -0.493 e. The lowest BCUT2D eigenvalue weighted by Gasteiger charge is -2.36. The Balaban J connectivity index is 0.00000320. The fourth-order valence-electron chi connectivity index (χ4n) is 3.21. The van der Waals surface area contributed by atoms with Gasteiger partial charge < -0.3 is 24.3 Å². The van der Waals surface area contributed by atoms with Crippen LogP contribution >= 0.6 is 35.6 Å². The molecular formula is C21H28ClIN4O3. The zero-order valence-electron chi connectivity index (χ0n) is 17.3. The zero-order valence-corrected chi connectivity index (χ0v) is 20.4. The van der Waals surface area contributed by atoms with Crippen LogP contribution in [0.1, 0.15) is 30.0 Å². The average molecular weight is 547 g/mol. The SMILES string of the molecule is CCNC(=NCc1ccc(Cl)cc1OCC)N1CCN(C(=O)c2ccco2)CC1.I. The van der Waals surface area contributed by atoms with Crippen molar-refractivity contribution in [3.05, 3.63) is 52.9 Å². The molecule has 1 aromatic heterocycles. The molecule has 0 unspecified atom stereocenters. The van der Waals surface area contributed by atoms with Gasteiger partial charge in [-0.3, -0.25) is 4.79 Å². The molecule has 0 bridgehead atoms. The Hall–Kier alpha value is -1.94. The first-order valence-electron chi connectivity index (χ1n) is 9.89. The fraction of sp³-hybridized carbons (Fsp3) is 0.429. The molecule has 0 radical (unpaired) electrons. The summed E-state index contributed by atoms with van der Waals surface area (Å²) in [5.41, 5.74) is 0.985. The predicted molar refractivity (Wildman–Crippen MR) is 129 cm³/mol. The number of hydrogen-bond acceptors (Lipinski definition) is 4. The second-order valence-electron chi connectivity index (χ2n) is 6.61. The Labute approximate surface area is 199 Å². The number of amides is 1. The van der Waals surface area contributed by atoms with E-state index in [1.54, 1.807) is 12.1 Å². The molecule has 1 aliphatic rings. The maximum absolute atomic E-state index is 12.4. The second kappa shape index (κ2) is 12.0. The Morgan fingerprint density at radius 3 is 2.57 bits per heavy atom. The summed E-state index contributed by atoms with van der Waals surface area (Å²) in [7, 11) is 0. The van der Waals surface area contributed by atoms with Crippen LogP contribution < -0.4 is 10.1 Å². The van der Waals surface area contributed by atoms with Crippen molar-refractivity contribution in [2.75, 3.05) is 39.3 Å².